The Labute approximate surface area is 224 Å². The number of benzene rings is 3. The molecule has 3 aromatic rings. The van der Waals surface area contributed by atoms with E-state index in [1.807, 2.05) is 45.0 Å². The summed E-state index contributed by atoms with van der Waals surface area (Å²) in [5.74, 6) is -0.831. The topological polar surface area (TPSA) is 86.8 Å². The maximum Gasteiger partial charge on any atom is 0.264 e. The van der Waals surface area contributed by atoms with Crippen LogP contribution >= 0.6 is 11.6 Å². The number of amides is 2. The minimum absolute atomic E-state index is 0.0496. The van der Waals surface area contributed by atoms with Gasteiger partial charge in [0.05, 0.1) is 10.6 Å². The van der Waals surface area contributed by atoms with Gasteiger partial charge in [-0.25, -0.2) is 8.42 Å². The molecule has 0 saturated carbocycles. The van der Waals surface area contributed by atoms with Crippen LogP contribution in [0, 0.1) is 6.92 Å². The number of carbonyl (C=O) groups is 2. The summed E-state index contributed by atoms with van der Waals surface area (Å²) in [7, 11) is -4.10. The third kappa shape index (κ3) is 7.33. The van der Waals surface area contributed by atoms with Crippen molar-refractivity contribution in [2.75, 3.05) is 10.8 Å². The molecule has 0 heterocycles. The Morgan fingerprint density at radius 3 is 2.16 bits per heavy atom. The molecule has 9 heteroatoms. The lowest BCUT2D eigenvalue weighted by Gasteiger charge is -2.32. The molecule has 0 aliphatic heterocycles. The van der Waals surface area contributed by atoms with E-state index in [-0.39, 0.29) is 29.1 Å². The fraction of sp³-hybridized carbons (Fsp3) is 0.286. The standard InChI is InChI=1S/C28H32ClN3O4S/c1-20(2)30-28(34)22(4)31(18-23-10-8-9-21(3)17-23)27(33)19-32(25-15-13-24(29)14-16-25)37(35,36)26-11-6-5-7-12-26/h5-17,20,22H,18-19H2,1-4H3,(H,30,34)/t22-/m1/s1. The number of aryl methyl sites for hydroxylation is 1. The van der Waals surface area contributed by atoms with E-state index in [1.54, 1.807) is 49.4 Å². The minimum atomic E-state index is -4.10. The second kappa shape index (κ2) is 12.3. The normalized spacial score (nSPS) is 12.2. The average Bonchev–Trinajstić information content (AvgIpc) is 2.86. The van der Waals surface area contributed by atoms with Gasteiger partial charge >= 0.3 is 0 Å². The molecule has 0 aromatic heterocycles. The van der Waals surface area contributed by atoms with E-state index < -0.39 is 28.5 Å². The zero-order valence-corrected chi connectivity index (χ0v) is 23.0. The molecule has 0 aliphatic rings. The first-order valence-electron chi connectivity index (χ1n) is 12.0. The first kappa shape index (κ1) is 28.2. The van der Waals surface area contributed by atoms with Gasteiger partial charge in [-0.3, -0.25) is 13.9 Å². The fourth-order valence-corrected chi connectivity index (χ4v) is 5.41. The number of halogens is 1. The summed E-state index contributed by atoms with van der Waals surface area (Å²) in [6.45, 7) is 6.91. The number of hydrogen-bond acceptors (Lipinski definition) is 4. The number of sulfonamides is 1. The molecule has 0 spiro atoms. The molecule has 196 valence electrons. The van der Waals surface area contributed by atoms with E-state index in [0.29, 0.717) is 5.02 Å². The largest absolute Gasteiger partial charge is 0.352 e. The molecule has 3 aromatic carbocycles. The summed E-state index contributed by atoms with van der Waals surface area (Å²) in [5, 5.41) is 3.28. The lowest BCUT2D eigenvalue weighted by atomic mass is 10.1. The molecule has 7 nitrogen and oxygen atoms in total. The van der Waals surface area contributed by atoms with Crippen molar-refractivity contribution in [3.63, 3.8) is 0 Å². The highest BCUT2D eigenvalue weighted by atomic mass is 35.5. The van der Waals surface area contributed by atoms with Crippen molar-refractivity contribution < 1.29 is 18.0 Å². The second-order valence-corrected chi connectivity index (χ2v) is 11.4. The molecule has 1 N–H and O–H groups in total. The monoisotopic (exact) mass is 541 g/mol. The van der Waals surface area contributed by atoms with Crippen LogP contribution in [0.2, 0.25) is 5.02 Å². The van der Waals surface area contributed by atoms with Gasteiger partial charge in [-0.2, -0.15) is 0 Å². The highest BCUT2D eigenvalue weighted by Crippen LogP contribution is 2.26. The van der Waals surface area contributed by atoms with Crippen molar-refractivity contribution in [2.45, 2.75) is 51.2 Å². The smallest absolute Gasteiger partial charge is 0.264 e. The zero-order chi connectivity index (χ0) is 27.2. The van der Waals surface area contributed by atoms with E-state index in [1.165, 1.54) is 17.0 Å². The summed E-state index contributed by atoms with van der Waals surface area (Å²) in [6, 6.07) is 20.8. The lowest BCUT2D eigenvalue weighted by molar-refractivity contribution is -0.139. The predicted molar refractivity (Wildman–Crippen MR) is 147 cm³/mol. The quantitative estimate of drug-likeness (QED) is 0.400. The number of rotatable bonds is 10. The molecule has 2 amide bonds. The molecular weight excluding hydrogens is 510 g/mol. The SMILES string of the molecule is Cc1cccc(CN(C(=O)CN(c2ccc(Cl)cc2)S(=O)(=O)c2ccccc2)[C@H](C)C(=O)NC(C)C)c1. The maximum absolute atomic E-state index is 13.8. The van der Waals surface area contributed by atoms with Gasteiger partial charge in [0, 0.05) is 17.6 Å². The van der Waals surface area contributed by atoms with Crippen LogP contribution in [0.5, 0.6) is 0 Å². The molecule has 0 saturated heterocycles. The number of carbonyl (C=O) groups excluding carboxylic acids is 2. The van der Waals surface area contributed by atoms with Crippen molar-refractivity contribution >= 4 is 39.1 Å². The third-order valence-corrected chi connectivity index (χ3v) is 7.80. The van der Waals surface area contributed by atoms with Gasteiger partial charge in [-0.15, -0.1) is 0 Å². The second-order valence-electron chi connectivity index (χ2n) is 9.15. The van der Waals surface area contributed by atoms with Crippen molar-refractivity contribution in [3.8, 4) is 0 Å². The molecule has 3 rings (SSSR count). The number of nitrogens with one attached hydrogen (secondary N) is 1. The Kier molecular flexibility index (Phi) is 9.34. The third-order valence-electron chi connectivity index (χ3n) is 5.76. The first-order chi connectivity index (χ1) is 17.5. The van der Waals surface area contributed by atoms with Crippen LogP contribution in [0.3, 0.4) is 0 Å². The van der Waals surface area contributed by atoms with Crippen LogP contribution in [0.1, 0.15) is 31.9 Å². The molecular formula is C28H32ClN3O4S. The van der Waals surface area contributed by atoms with E-state index in [4.69, 9.17) is 11.6 Å². The highest BCUT2D eigenvalue weighted by Gasteiger charge is 2.32. The number of nitrogens with zero attached hydrogens (tertiary/aromatic N) is 2. The van der Waals surface area contributed by atoms with Gasteiger partial charge < -0.3 is 10.2 Å². The van der Waals surface area contributed by atoms with Crippen LogP contribution in [-0.2, 0) is 26.2 Å². The Morgan fingerprint density at radius 1 is 0.919 bits per heavy atom. The van der Waals surface area contributed by atoms with E-state index in [2.05, 4.69) is 5.32 Å². The molecule has 1 atom stereocenters. The van der Waals surface area contributed by atoms with E-state index in [0.717, 1.165) is 15.4 Å². The van der Waals surface area contributed by atoms with Crippen molar-refractivity contribution in [1.82, 2.24) is 10.2 Å². The first-order valence-corrected chi connectivity index (χ1v) is 13.8. The van der Waals surface area contributed by atoms with Crippen LogP contribution < -0.4 is 9.62 Å². The summed E-state index contributed by atoms with van der Waals surface area (Å²) >= 11 is 6.04. The number of hydrogen-bond donors (Lipinski definition) is 1. The van der Waals surface area contributed by atoms with Crippen LogP contribution in [0.15, 0.2) is 83.8 Å². The van der Waals surface area contributed by atoms with Crippen molar-refractivity contribution in [3.05, 3.63) is 95.0 Å². The van der Waals surface area contributed by atoms with Gasteiger partial charge in [0.1, 0.15) is 12.6 Å². The molecule has 0 bridgehead atoms. The van der Waals surface area contributed by atoms with Crippen LogP contribution in [0.4, 0.5) is 5.69 Å². The zero-order valence-electron chi connectivity index (χ0n) is 21.4. The number of anilines is 1. The molecule has 37 heavy (non-hydrogen) atoms. The van der Waals surface area contributed by atoms with Crippen molar-refractivity contribution in [1.29, 1.82) is 0 Å². The Hall–Kier alpha value is -3.36. The van der Waals surface area contributed by atoms with E-state index >= 15 is 0 Å². The summed E-state index contributed by atoms with van der Waals surface area (Å²) in [5.41, 5.74) is 2.14. The minimum Gasteiger partial charge on any atom is -0.352 e. The van der Waals surface area contributed by atoms with Crippen molar-refractivity contribution in [2.24, 2.45) is 0 Å². The molecule has 0 radical (unpaired) electrons. The van der Waals surface area contributed by atoms with Gasteiger partial charge in [0.2, 0.25) is 11.8 Å². The Bertz CT molecular complexity index is 1330. The molecule has 0 aliphatic carbocycles. The van der Waals surface area contributed by atoms with Crippen LogP contribution in [0.25, 0.3) is 0 Å². The summed E-state index contributed by atoms with van der Waals surface area (Å²) in [4.78, 5) is 28.2. The van der Waals surface area contributed by atoms with Gasteiger partial charge in [0.25, 0.3) is 10.0 Å². The summed E-state index contributed by atoms with van der Waals surface area (Å²) < 4.78 is 28.4. The van der Waals surface area contributed by atoms with E-state index in [9.17, 15) is 18.0 Å². The predicted octanol–water partition coefficient (Wildman–Crippen LogP) is 4.79. The molecule has 0 unspecified atom stereocenters. The average molecular weight is 542 g/mol. The molecule has 0 fully saturated rings. The Morgan fingerprint density at radius 2 is 1.57 bits per heavy atom. The van der Waals surface area contributed by atoms with Gasteiger partial charge in [0.15, 0.2) is 0 Å². The summed E-state index contributed by atoms with van der Waals surface area (Å²) in [6.07, 6.45) is 0. The highest BCUT2D eigenvalue weighted by molar-refractivity contribution is 7.92. The fourth-order valence-electron chi connectivity index (χ4n) is 3.85. The maximum atomic E-state index is 13.8. The van der Waals surface area contributed by atoms with Crippen LogP contribution in [-0.4, -0.2) is 43.8 Å². The van der Waals surface area contributed by atoms with Gasteiger partial charge in [-0.05, 0) is 69.7 Å². The Balaban J connectivity index is 2.01. The van der Waals surface area contributed by atoms with Gasteiger partial charge in [-0.1, -0.05) is 59.6 Å². The lowest BCUT2D eigenvalue weighted by Crippen LogP contribution is -2.52.